The molecule has 0 bridgehead atoms. The lowest BCUT2D eigenvalue weighted by Crippen LogP contribution is -2.13. The van der Waals surface area contributed by atoms with Crippen molar-refractivity contribution in [1.82, 2.24) is 0 Å². The van der Waals surface area contributed by atoms with Crippen LogP contribution >= 0.6 is 22.7 Å². The van der Waals surface area contributed by atoms with E-state index in [2.05, 4.69) is 228 Å². The van der Waals surface area contributed by atoms with Crippen LogP contribution in [-0.4, -0.2) is 0 Å². The molecule has 0 saturated heterocycles. The van der Waals surface area contributed by atoms with Crippen molar-refractivity contribution in [2.75, 3.05) is 9.80 Å². The maximum Gasteiger partial charge on any atom is 0.0482 e. The molecular formula is C54H36N2S2. The molecule has 0 fully saturated rings. The summed E-state index contributed by atoms with van der Waals surface area (Å²) in [6, 6.07) is 79.3. The quantitative estimate of drug-likeness (QED) is 0.152. The number of nitrogens with zero attached hydrogens (tertiary/aromatic N) is 2. The Morgan fingerprint density at radius 3 is 1.22 bits per heavy atom. The highest BCUT2D eigenvalue weighted by Crippen LogP contribution is 2.44. The van der Waals surface area contributed by atoms with Gasteiger partial charge < -0.3 is 9.80 Å². The van der Waals surface area contributed by atoms with E-state index in [1.165, 1.54) is 62.6 Å². The average molecular weight is 777 g/mol. The predicted octanol–water partition coefficient (Wildman–Crippen LogP) is 16.7. The van der Waals surface area contributed by atoms with Gasteiger partial charge in [-0.05, 0) is 125 Å². The molecular weight excluding hydrogens is 741 g/mol. The van der Waals surface area contributed by atoms with Gasteiger partial charge in [-0.1, -0.05) is 115 Å². The van der Waals surface area contributed by atoms with Crippen LogP contribution in [0.2, 0.25) is 0 Å². The molecule has 2 heterocycles. The maximum absolute atomic E-state index is 2.40. The van der Waals surface area contributed by atoms with Gasteiger partial charge in [0.1, 0.15) is 0 Å². The molecule has 0 aliphatic carbocycles. The topological polar surface area (TPSA) is 6.48 Å². The Labute approximate surface area is 345 Å². The number of thiophene rings is 2. The number of fused-ring (bicyclic) bond motifs is 6. The number of anilines is 6. The first kappa shape index (κ1) is 34.3. The summed E-state index contributed by atoms with van der Waals surface area (Å²) in [5.41, 5.74) is 11.5. The minimum atomic E-state index is 1.08. The number of para-hydroxylation sites is 2. The van der Waals surface area contributed by atoms with Gasteiger partial charge in [-0.25, -0.2) is 0 Å². The van der Waals surface area contributed by atoms with E-state index in [4.69, 9.17) is 0 Å². The summed E-state index contributed by atoms with van der Waals surface area (Å²) in [5, 5.41) is 5.19. The summed E-state index contributed by atoms with van der Waals surface area (Å²) in [6.07, 6.45) is 0. The van der Waals surface area contributed by atoms with Crippen molar-refractivity contribution in [3.63, 3.8) is 0 Å². The van der Waals surface area contributed by atoms with Crippen molar-refractivity contribution in [3.05, 3.63) is 218 Å². The largest absolute Gasteiger partial charge is 0.310 e. The molecule has 0 unspecified atom stereocenters. The van der Waals surface area contributed by atoms with Crippen LogP contribution in [0.25, 0.3) is 62.6 Å². The third kappa shape index (κ3) is 6.20. The molecule has 0 aliphatic rings. The molecule has 0 N–H and O–H groups in total. The van der Waals surface area contributed by atoms with Crippen molar-refractivity contribution in [2.45, 2.75) is 0 Å². The SMILES string of the molecule is c1ccc(-c2ccc(N(c3cccc(N(c4ccccc4)c4ccccc4)c3)c3ccc4sc5ccc(-c6ccc7sc8ccccc8c7c6)cc5c4c3)cc2)cc1. The summed E-state index contributed by atoms with van der Waals surface area (Å²) in [4.78, 5) is 4.72. The van der Waals surface area contributed by atoms with Gasteiger partial charge in [0.2, 0.25) is 0 Å². The molecule has 0 atom stereocenters. The van der Waals surface area contributed by atoms with Gasteiger partial charge in [-0.2, -0.15) is 0 Å². The zero-order valence-corrected chi connectivity index (χ0v) is 33.1. The highest BCUT2D eigenvalue weighted by molar-refractivity contribution is 7.26. The highest BCUT2D eigenvalue weighted by atomic mass is 32.1. The van der Waals surface area contributed by atoms with E-state index in [1.54, 1.807) is 0 Å². The summed E-state index contributed by atoms with van der Waals surface area (Å²) in [6.45, 7) is 0. The van der Waals surface area contributed by atoms with Crippen LogP contribution in [0.4, 0.5) is 34.1 Å². The summed E-state index contributed by atoms with van der Waals surface area (Å²) >= 11 is 3.73. The Hall–Kier alpha value is -6.98. The van der Waals surface area contributed by atoms with Crippen LogP contribution in [0.3, 0.4) is 0 Å². The minimum Gasteiger partial charge on any atom is -0.310 e. The van der Waals surface area contributed by atoms with Gasteiger partial charge in [0.25, 0.3) is 0 Å². The van der Waals surface area contributed by atoms with E-state index in [-0.39, 0.29) is 0 Å². The molecule has 11 rings (SSSR count). The first-order valence-corrected chi connectivity index (χ1v) is 21.2. The van der Waals surface area contributed by atoms with Crippen LogP contribution < -0.4 is 9.80 Å². The Balaban J connectivity index is 1.06. The number of benzene rings is 9. The van der Waals surface area contributed by atoms with Crippen LogP contribution in [0.5, 0.6) is 0 Å². The lowest BCUT2D eigenvalue weighted by molar-refractivity contribution is 1.25. The van der Waals surface area contributed by atoms with Crippen LogP contribution in [-0.2, 0) is 0 Å². The second kappa shape index (κ2) is 14.5. The molecule has 4 heteroatoms. The normalized spacial score (nSPS) is 11.4. The average Bonchev–Trinajstić information content (AvgIpc) is 3.85. The van der Waals surface area contributed by atoms with Gasteiger partial charge in [-0.15, -0.1) is 22.7 Å². The molecule has 2 nitrogen and oxygen atoms in total. The fourth-order valence-electron chi connectivity index (χ4n) is 8.24. The standard InChI is InChI=1S/C54H36N2S2/c1-4-13-37(14-5-1)38-23-27-43(28-24-38)56(45-20-12-19-44(35-45)55(41-15-6-2-7-16-41)42-17-8-3-9-18-42)46-29-32-54-50(36-46)49-34-40(26-31-53(49)58-54)39-25-30-52-48(33-39)47-21-10-11-22-51(47)57-52/h1-36H. The smallest absolute Gasteiger partial charge is 0.0482 e. The molecule has 11 aromatic rings. The second-order valence-electron chi connectivity index (χ2n) is 14.6. The molecule has 0 aliphatic heterocycles. The zero-order valence-electron chi connectivity index (χ0n) is 31.5. The summed E-state index contributed by atoms with van der Waals surface area (Å²) in [7, 11) is 0. The van der Waals surface area contributed by atoms with Crippen molar-refractivity contribution in [2.24, 2.45) is 0 Å². The number of rotatable bonds is 8. The monoisotopic (exact) mass is 776 g/mol. The van der Waals surface area contributed by atoms with Gasteiger partial charge in [0.05, 0.1) is 0 Å². The minimum absolute atomic E-state index is 1.08. The first-order chi connectivity index (χ1) is 28.7. The zero-order chi connectivity index (χ0) is 38.4. The second-order valence-corrected chi connectivity index (χ2v) is 16.7. The van der Waals surface area contributed by atoms with Crippen molar-refractivity contribution in [1.29, 1.82) is 0 Å². The number of hydrogen-bond acceptors (Lipinski definition) is 4. The molecule has 0 saturated carbocycles. The van der Waals surface area contributed by atoms with Crippen LogP contribution in [0.15, 0.2) is 218 Å². The van der Waals surface area contributed by atoms with Gasteiger partial charge >= 0.3 is 0 Å². The lowest BCUT2D eigenvalue weighted by atomic mass is 10.0. The maximum atomic E-state index is 2.40. The predicted molar refractivity (Wildman–Crippen MR) is 252 cm³/mol. The number of hydrogen-bond donors (Lipinski definition) is 0. The van der Waals surface area contributed by atoms with E-state index in [1.807, 2.05) is 22.7 Å². The fourth-order valence-corrected chi connectivity index (χ4v) is 10.4. The third-order valence-electron chi connectivity index (χ3n) is 11.0. The molecule has 274 valence electrons. The van der Waals surface area contributed by atoms with E-state index in [9.17, 15) is 0 Å². The molecule has 0 amide bonds. The van der Waals surface area contributed by atoms with Crippen LogP contribution in [0.1, 0.15) is 0 Å². The molecule has 58 heavy (non-hydrogen) atoms. The Morgan fingerprint density at radius 1 is 0.224 bits per heavy atom. The molecule has 9 aromatic carbocycles. The summed E-state index contributed by atoms with van der Waals surface area (Å²) < 4.78 is 5.23. The third-order valence-corrected chi connectivity index (χ3v) is 13.3. The Morgan fingerprint density at radius 2 is 0.603 bits per heavy atom. The lowest BCUT2D eigenvalue weighted by Gasteiger charge is -2.29. The highest BCUT2D eigenvalue weighted by Gasteiger charge is 2.19. The van der Waals surface area contributed by atoms with Gasteiger partial charge in [0, 0.05) is 74.5 Å². The van der Waals surface area contributed by atoms with E-state index < -0.39 is 0 Å². The molecule has 0 radical (unpaired) electrons. The van der Waals surface area contributed by atoms with E-state index in [0.717, 1.165) is 34.1 Å². The molecule has 0 spiro atoms. The fraction of sp³-hybridized carbons (Fsp3) is 0. The van der Waals surface area contributed by atoms with Gasteiger partial charge in [0.15, 0.2) is 0 Å². The summed E-state index contributed by atoms with van der Waals surface area (Å²) in [5.74, 6) is 0. The molecule has 2 aromatic heterocycles. The van der Waals surface area contributed by atoms with Crippen molar-refractivity contribution >= 4 is 97.1 Å². The van der Waals surface area contributed by atoms with Gasteiger partial charge in [-0.3, -0.25) is 0 Å². The van der Waals surface area contributed by atoms with Crippen LogP contribution in [0, 0.1) is 0 Å². The van der Waals surface area contributed by atoms with Crippen molar-refractivity contribution in [3.8, 4) is 22.3 Å². The first-order valence-electron chi connectivity index (χ1n) is 19.6. The van der Waals surface area contributed by atoms with E-state index >= 15 is 0 Å². The van der Waals surface area contributed by atoms with E-state index in [0.29, 0.717) is 0 Å². The van der Waals surface area contributed by atoms with Crippen molar-refractivity contribution < 1.29 is 0 Å². The Kier molecular flexibility index (Phi) is 8.58. The Bertz CT molecular complexity index is 3180.